The molecule has 0 bridgehead atoms. The van der Waals surface area contributed by atoms with Crippen molar-refractivity contribution in [3.05, 3.63) is 75.7 Å². The molecule has 1 aliphatic rings. The van der Waals surface area contributed by atoms with E-state index in [1.807, 2.05) is 24.3 Å². The number of halogens is 2. The number of benzene rings is 2. The minimum Gasteiger partial charge on any atom is -0.494 e. The SMILES string of the molecule is CCOc1cc(F)c(Cn2nc(-c3nc(CN4CCOCC4)cc(=O)[nH]3)c3ccccc32)c(F)c1. The van der Waals surface area contributed by atoms with Crippen molar-refractivity contribution in [3.63, 3.8) is 0 Å². The van der Waals surface area contributed by atoms with E-state index in [4.69, 9.17) is 9.47 Å². The number of rotatable bonds is 7. The van der Waals surface area contributed by atoms with Crippen LogP contribution in [0.4, 0.5) is 8.78 Å². The fourth-order valence-electron chi connectivity index (χ4n) is 4.24. The normalized spacial score (nSPS) is 14.5. The van der Waals surface area contributed by atoms with Gasteiger partial charge in [0.05, 0.1) is 37.6 Å². The maximum atomic E-state index is 14.7. The van der Waals surface area contributed by atoms with Gasteiger partial charge >= 0.3 is 0 Å². The fraction of sp³-hybridized carbons (Fsp3) is 0.320. The van der Waals surface area contributed by atoms with E-state index in [1.165, 1.54) is 22.9 Å². The number of morpholine rings is 1. The van der Waals surface area contributed by atoms with Gasteiger partial charge in [0.2, 0.25) is 0 Å². The molecule has 2 aromatic carbocycles. The average molecular weight is 482 g/mol. The molecular formula is C25H25F2N5O3. The Bertz CT molecular complexity index is 1390. The van der Waals surface area contributed by atoms with Gasteiger partial charge in [-0.1, -0.05) is 18.2 Å². The van der Waals surface area contributed by atoms with Gasteiger partial charge in [-0.05, 0) is 13.0 Å². The number of aromatic nitrogens is 4. The molecule has 0 spiro atoms. The lowest BCUT2D eigenvalue weighted by atomic mass is 10.1. The number of aromatic amines is 1. The first-order valence-corrected chi connectivity index (χ1v) is 11.5. The zero-order valence-corrected chi connectivity index (χ0v) is 19.3. The van der Waals surface area contributed by atoms with Crippen molar-refractivity contribution in [1.29, 1.82) is 0 Å². The summed E-state index contributed by atoms with van der Waals surface area (Å²) in [6.45, 7) is 5.25. The molecular weight excluding hydrogens is 456 g/mol. The zero-order valence-electron chi connectivity index (χ0n) is 19.3. The molecule has 0 aliphatic carbocycles. The Morgan fingerprint density at radius 2 is 1.83 bits per heavy atom. The van der Waals surface area contributed by atoms with Gasteiger partial charge in [0.15, 0.2) is 5.82 Å². The van der Waals surface area contributed by atoms with Gasteiger partial charge in [-0.3, -0.25) is 14.4 Å². The van der Waals surface area contributed by atoms with E-state index >= 15 is 0 Å². The van der Waals surface area contributed by atoms with Crippen molar-refractivity contribution in [1.82, 2.24) is 24.6 Å². The first-order chi connectivity index (χ1) is 17.0. The van der Waals surface area contributed by atoms with Crippen LogP contribution in [0.2, 0.25) is 0 Å². The molecule has 8 nitrogen and oxygen atoms in total. The standard InChI is InChI=1S/C25H25F2N5O3/c1-2-35-17-12-20(26)19(21(27)13-17)15-32-22-6-4-3-5-18(22)24(30-32)25-28-16(11-23(33)29-25)14-31-7-9-34-10-8-31/h3-6,11-13H,2,7-10,14-15H2,1H3,(H,28,29,33). The summed E-state index contributed by atoms with van der Waals surface area (Å²) in [6.07, 6.45) is 0. The summed E-state index contributed by atoms with van der Waals surface area (Å²) in [5, 5.41) is 5.32. The quantitative estimate of drug-likeness (QED) is 0.436. The van der Waals surface area contributed by atoms with Gasteiger partial charge in [-0.2, -0.15) is 5.10 Å². The predicted octanol–water partition coefficient (Wildman–Crippen LogP) is 3.34. The van der Waals surface area contributed by atoms with Crippen LogP contribution >= 0.6 is 0 Å². The number of para-hydroxylation sites is 1. The minimum absolute atomic E-state index is 0.129. The molecule has 1 fully saturated rings. The largest absolute Gasteiger partial charge is 0.494 e. The van der Waals surface area contributed by atoms with E-state index in [-0.39, 0.29) is 23.4 Å². The zero-order chi connectivity index (χ0) is 24.4. The summed E-state index contributed by atoms with van der Waals surface area (Å²) in [4.78, 5) is 22.0. The number of ether oxygens (including phenoxy) is 2. The highest BCUT2D eigenvalue weighted by Gasteiger charge is 2.19. The van der Waals surface area contributed by atoms with E-state index in [9.17, 15) is 13.6 Å². The predicted molar refractivity (Wildman–Crippen MR) is 126 cm³/mol. The molecule has 35 heavy (non-hydrogen) atoms. The van der Waals surface area contributed by atoms with Crippen molar-refractivity contribution < 1.29 is 18.3 Å². The number of hydrogen-bond acceptors (Lipinski definition) is 6. The molecule has 0 radical (unpaired) electrons. The molecule has 1 saturated heterocycles. The Balaban J connectivity index is 1.52. The highest BCUT2D eigenvalue weighted by molar-refractivity contribution is 5.91. The molecule has 0 atom stereocenters. The molecule has 1 aliphatic heterocycles. The van der Waals surface area contributed by atoms with Crippen molar-refractivity contribution in [2.45, 2.75) is 20.0 Å². The van der Waals surface area contributed by atoms with Crippen molar-refractivity contribution in [3.8, 4) is 17.3 Å². The first-order valence-electron chi connectivity index (χ1n) is 11.5. The second-order valence-electron chi connectivity index (χ2n) is 8.30. The van der Waals surface area contributed by atoms with Crippen LogP contribution < -0.4 is 10.3 Å². The van der Waals surface area contributed by atoms with Gasteiger partial charge in [-0.25, -0.2) is 13.8 Å². The summed E-state index contributed by atoms with van der Waals surface area (Å²) >= 11 is 0. The first kappa shape index (κ1) is 23.1. The lowest BCUT2D eigenvalue weighted by molar-refractivity contribution is 0.0336. The van der Waals surface area contributed by atoms with Crippen LogP contribution in [-0.4, -0.2) is 57.6 Å². The van der Waals surface area contributed by atoms with Gasteiger partial charge in [0.1, 0.15) is 23.1 Å². The van der Waals surface area contributed by atoms with Gasteiger partial charge in [0.25, 0.3) is 5.56 Å². The third-order valence-electron chi connectivity index (χ3n) is 5.90. The maximum Gasteiger partial charge on any atom is 0.251 e. The number of hydrogen-bond donors (Lipinski definition) is 1. The molecule has 182 valence electrons. The van der Waals surface area contributed by atoms with E-state index in [0.29, 0.717) is 54.5 Å². The topological polar surface area (TPSA) is 85.3 Å². The third kappa shape index (κ3) is 4.94. The van der Waals surface area contributed by atoms with Gasteiger partial charge in [0, 0.05) is 48.8 Å². The Morgan fingerprint density at radius 1 is 1.09 bits per heavy atom. The lowest BCUT2D eigenvalue weighted by Crippen LogP contribution is -2.36. The van der Waals surface area contributed by atoms with Crippen molar-refractivity contribution >= 4 is 10.9 Å². The summed E-state index contributed by atoms with van der Waals surface area (Å²) < 4.78 is 41.6. The summed E-state index contributed by atoms with van der Waals surface area (Å²) in [5.41, 5.74) is 1.30. The number of nitrogens with one attached hydrogen (secondary N) is 1. The van der Waals surface area contributed by atoms with Crippen molar-refractivity contribution in [2.24, 2.45) is 0 Å². The summed E-state index contributed by atoms with van der Waals surface area (Å²) in [7, 11) is 0. The molecule has 10 heteroatoms. The fourth-order valence-corrected chi connectivity index (χ4v) is 4.24. The molecule has 0 amide bonds. The van der Waals surface area contributed by atoms with Crippen LogP contribution in [0.5, 0.6) is 5.75 Å². The van der Waals surface area contributed by atoms with Gasteiger partial charge in [-0.15, -0.1) is 0 Å². The number of H-pyrrole nitrogens is 1. The minimum atomic E-state index is -0.714. The van der Waals surface area contributed by atoms with Crippen LogP contribution in [-0.2, 0) is 17.8 Å². The van der Waals surface area contributed by atoms with Crippen LogP contribution in [0, 0.1) is 11.6 Å². The Labute approximate surface area is 200 Å². The van der Waals surface area contributed by atoms with Crippen LogP contribution in [0.3, 0.4) is 0 Å². The molecule has 2 aromatic heterocycles. The molecule has 1 N–H and O–H groups in total. The maximum absolute atomic E-state index is 14.7. The molecule has 0 unspecified atom stereocenters. The molecule has 5 rings (SSSR count). The van der Waals surface area contributed by atoms with Crippen LogP contribution in [0.15, 0.2) is 47.3 Å². The average Bonchev–Trinajstić information content (AvgIpc) is 3.20. The monoisotopic (exact) mass is 481 g/mol. The second-order valence-corrected chi connectivity index (χ2v) is 8.30. The Morgan fingerprint density at radius 3 is 2.57 bits per heavy atom. The highest BCUT2D eigenvalue weighted by Crippen LogP contribution is 2.28. The van der Waals surface area contributed by atoms with E-state index in [2.05, 4.69) is 20.0 Å². The van der Waals surface area contributed by atoms with Gasteiger partial charge < -0.3 is 14.5 Å². The van der Waals surface area contributed by atoms with Crippen LogP contribution in [0.25, 0.3) is 22.4 Å². The van der Waals surface area contributed by atoms with E-state index in [1.54, 1.807) is 6.92 Å². The Hall–Kier alpha value is -3.63. The second kappa shape index (κ2) is 9.93. The smallest absolute Gasteiger partial charge is 0.251 e. The number of nitrogens with zero attached hydrogens (tertiary/aromatic N) is 4. The van der Waals surface area contributed by atoms with E-state index in [0.717, 1.165) is 13.1 Å². The van der Waals surface area contributed by atoms with Crippen molar-refractivity contribution in [2.75, 3.05) is 32.9 Å². The summed E-state index contributed by atoms with van der Waals surface area (Å²) in [6, 6.07) is 11.1. The van der Waals surface area contributed by atoms with Crippen LogP contribution in [0.1, 0.15) is 18.2 Å². The molecule has 4 aromatic rings. The Kier molecular flexibility index (Phi) is 6.56. The third-order valence-corrected chi connectivity index (χ3v) is 5.90. The van der Waals surface area contributed by atoms with E-state index < -0.39 is 11.6 Å². The molecule has 3 heterocycles. The lowest BCUT2D eigenvalue weighted by Gasteiger charge is -2.26. The highest BCUT2D eigenvalue weighted by atomic mass is 19.1. The summed E-state index contributed by atoms with van der Waals surface area (Å²) in [5.74, 6) is -0.985. The molecule has 0 saturated carbocycles. The number of fused-ring (bicyclic) bond motifs is 1.